The second-order valence-corrected chi connectivity index (χ2v) is 5.41. The van der Waals surface area contributed by atoms with Crippen LogP contribution in [0.4, 0.5) is 5.69 Å². The zero-order valence-electron chi connectivity index (χ0n) is 9.29. The molecule has 0 aliphatic carbocycles. The highest BCUT2D eigenvalue weighted by molar-refractivity contribution is 7.94. The normalized spacial score (nSPS) is 12.2. The molecule has 0 radical (unpaired) electrons. The van der Waals surface area contributed by atoms with E-state index in [2.05, 4.69) is 16.8 Å². The Balaban J connectivity index is 2.96. The summed E-state index contributed by atoms with van der Waals surface area (Å²) in [7, 11) is -3.35. The molecule has 1 rings (SSSR count). The van der Waals surface area contributed by atoms with Gasteiger partial charge in [0.2, 0.25) is 0 Å². The third kappa shape index (κ3) is 3.27. The molecule has 0 spiro atoms. The zero-order valence-corrected chi connectivity index (χ0v) is 10.1. The van der Waals surface area contributed by atoms with E-state index in [1.54, 1.807) is 12.1 Å². The molecule has 1 aromatic rings. The van der Waals surface area contributed by atoms with Crippen LogP contribution < -0.4 is 0 Å². The molecule has 0 aliphatic rings. The van der Waals surface area contributed by atoms with Crippen molar-refractivity contribution in [3.63, 3.8) is 0 Å². The van der Waals surface area contributed by atoms with Crippen LogP contribution in [-0.2, 0) is 9.84 Å². The fourth-order valence-electron chi connectivity index (χ4n) is 0.981. The average molecular weight is 238 g/mol. The van der Waals surface area contributed by atoms with E-state index in [0.29, 0.717) is 5.69 Å². The van der Waals surface area contributed by atoms with Crippen LogP contribution in [0.3, 0.4) is 0 Å². The predicted molar refractivity (Wildman–Crippen MR) is 63.5 cm³/mol. The lowest BCUT2D eigenvalue weighted by Gasteiger charge is -1.99. The van der Waals surface area contributed by atoms with Gasteiger partial charge in [-0.15, -0.1) is 0 Å². The number of hydrogen-bond donors (Lipinski definition) is 0. The number of rotatable bonds is 4. The average Bonchev–Trinajstić information content (AvgIpc) is 2.27. The summed E-state index contributed by atoms with van der Waals surface area (Å²) in [4.78, 5) is 0.214. The number of hydrogen-bond acceptors (Lipinski definition) is 4. The second-order valence-electron chi connectivity index (χ2n) is 3.51. The lowest BCUT2D eigenvalue weighted by atomic mass is 10.3. The molecule has 0 saturated carbocycles. The van der Waals surface area contributed by atoms with Crippen molar-refractivity contribution in [3.8, 4) is 0 Å². The van der Waals surface area contributed by atoms with E-state index < -0.39 is 9.84 Å². The van der Waals surface area contributed by atoms with E-state index in [0.717, 1.165) is 5.41 Å². The summed E-state index contributed by atoms with van der Waals surface area (Å²) in [6.45, 7) is 7.09. The maximum Gasteiger partial charge on any atom is 0.199 e. The van der Waals surface area contributed by atoms with Crippen molar-refractivity contribution < 1.29 is 8.42 Å². The largest absolute Gasteiger partial charge is 0.219 e. The minimum atomic E-state index is -3.35. The van der Waals surface area contributed by atoms with Crippen molar-refractivity contribution in [2.45, 2.75) is 24.8 Å². The molecule has 0 unspecified atom stereocenters. The molecular weight excluding hydrogens is 224 g/mol. The minimum absolute atomic E-state index is 0.122. The van der Waals surface area contributed by atoms with Crippen LogP contribution in [0.2, 0.25) is 0 Å². The highest BCUT2D eigenvalue weighted by Gasteiger charge is 2.08. The second kappa shape index (κ2) is 5.03. The van der Waals surface area contributed by atoms with Crippen LogP contribution in [0.5, 0.6) is 0 Å². The first-order valence-electron chi connectivity index (χ1n) is 4.84. The molecule has 0 saturated heterocycles. The van der Waals surface area contributed by atoms with Gasteiger partial charge in [0, 0.05) is 5.41 Å². The Morgan fingerprint density at radius 2 is 1.81 bits per heavy atom. The molecule has 86 valence electrons. The smallest absolute Gasteiger partial charge is 0.199 e. The zero-order chi connectivity index (χ0) is 12.2. The van der Waals surface area contributed by atoms with Gasteiger partial charge in [-0.1, -0.05) is 6.58 Å². The number of sulfone groups is 1. The van der Waals surface area contributed by atoms with Gasteiger partial charge >= 0.3 is 0 Å². The summed E-state index contributed by atoms with van der Waals surface area (Å²) in [5, 5.41) is 8.85. The van der Waals surface area contributed by atoms with Gasteiger partial charge in [0.05, 0.1) is 16.6 Å². The lowest BCUT2D eigenvalue weighted by molar-refractivity contribution is 0.604. The van der Waals surface area contributed by atoms with Gasteiger partial charge in [-0.25, -0.2) is 8.42 Å². The Kier molecular flexibility index (Phi) is 3.95. The highest BCUT2D eigenvalue weighted by Crippen LogP contribution is 2.18. The van der Waals surface area contributed by atoms with Gasteiger partial charge in [-0.05, 0) is 38.1 Å². The maximum atomic E-state index is 11.4. The summed E-state index contributed by atoms with van der Waals surface area (Å²) in [6.07, 6.45) is 0. The Morgan fingerprint density at radius 3 is 2.25 bits per heavy atom. The number of azo groups is 1. The van der Waals surface area contributed by atoms with Crippen LogP contribution in [0.25, 0.3) is 0 Å². The Bertz CT molecular complexity index is 487. The first-order chi connectivity index (χ1) is 7.45. The van der Waals surface area contributed by atoms with Gasteiger partial charge < -0.3 is 0 Å². The Labute approximate surface area is 95.6 Å². The first-order valence-corrected chi connectivity index (χ1v) is 6.39. The van der Waals surface area contributed by atoms with Crippen LogP contribution in [0.15, 0.2) is 51.4 Å². The number of nitrogens with zero attached hydrogens (tertiary/aromatic N) is 2. The van der Waals surface area contributed by atoms with E-state index >= 15 is 0 Å². The molecule has 0 heterocycles. The standard InChI is InChI=1S/C11H14N2O2S/c1-4-16(14,15)11-7-5-10(6-8-11)13-12-9(2)3/h4-9H,1H2,2-3H3/b13-12+. The molecule has 0 fully saturated rings. The quantitative estimate of drug-likeness (QED) is 0.757. The van der Waals surface area contributed by atoms with Gasteiger partial charge in [0.25, 0.3) is 0 Å². The van der Waals surface area contributed by atoms with Crippen molar-refractivity contribution in [1.82, 2.24) is 0 Å². The lowest BCUT2D eigenvalue weighted by Crippen LogP contribution is -1.94. The van der Waals surface area contributed by atoms with Gasteiger partial charge in [0.1, 0.15) is 0 Å². The van der Waals surface area contributed by atoms with Crippen LogP contribution in [0.1, 0.15) is 13.8 Å². The Morgan fingerprint density at radius 1 is 1.25 bits per heavy atom. The number of benzene rings is 1. The highest BCUT2D eigenvalue weighted by atomic mass is 32.2. The van der Waals surface area contributed by atoms with Crippen LogP contribution in [-0.4, -0.2) is 14.5 Å². The summed E-state index contributed by atoms with van der Waals surface area (Å²) >= 11 is 0. The van der Waals surface area contributed by atoms with Gasteiger partial charge in [-0.2, -0.15) is 10.2 Å². The molecular formula is C11H14N2O2S. The molecule has 1 aromatic carbocycles. The van der Waals surface area contributed by atoms with E-state index in [1.165, 1.54) is 12.1 Å². The predicted octanol–water partition coefficient (Wildman–Crippen LogP) is 3.10. The molecule has 0 bridgehead atoms. The fourth-order valence-corrected chi connectivity index (χ4v) is 1.69. The maximum absolute atomic E-state index is 11.4. The van der Waals surface area contributed by atoms with Crippen molar-refractivity contribution in [3.05, 3.63) is 36.3 Å². The molecule has 0 N–H and O–H groups in total. The van der Waals surface area contributed by atoms with E-state index in [-0.39, 0.29) is 10.9 Å². The first kappa shape index (κ1) is 12.6. The van der Waals surface area contributed by atoms with Crippen molar-refractivity contribution >= 4 is 15.5 Å². The van der Waals surface area contributed by atoms with Crippen LogP contribution >= 0.6 is 0 Å². The molecule has 16 heavy (non-hydrogen) atoms. The summed E-state index contributed by atoms with van der Waals surface area (Å²) in [6, 6.07) is 6.33. The van der Waals surface area contributed by atoms with Crippen molar-refractivity contribution in [1.29, 1.82) is 0 Å². The minimum Gasteiger partial charge on any atom is -0.219 e. The van der Waals surface area contributed by atoms with Crippen LogP contribution in [0, 0.1) is 0 Å². The summed E-state index contributed by atoms with van der Waals surface area (Å²) in [5.41, 5.74) is 0.636. The Hall–Kier alpha value is -1.49. The van der Waals surface area contributed by atoms with Gasteiger partial charge in [0.15, 0.2) is 9.84 Å². The van der Waals surface area contributed by atoms with E-state index in [4.69, 9.17) is 0 Å². The van der Waals surface area contributed by atoms with Gasteiger partial charge in [-0.3, -0.25) is 0 Å². The molecule has 4 nitrogen and oxygen atoms in total. The molecule has 0 aliphatic heterocycles. The summed E-state index contributed by atoms with van der Waals surface area (Å²) in [5.74, 6) is 0. The molecule has 5 heteroatoms. The molecule has 0 atom stereocenters. The third-order valence-corrected chi connectivity index (χ3v) is 3.16. The van der Waals surface area contributed by atoms with E-state index in [9.17, 15) is 8.42 Å². The molecule has 0 aromatic heterocycles. The van der Waals surface area contributed by atoms with Crippen molar-refractivity contribution in [2.24, 2.45) is 10.2 Å². The van der Waals surface area contributed by atoms with E-state index in [1.807, 2.05) is 13.8 Å². The topological polar surface area (TPSA) is 58.9 Å². The fraction of sp³-hybridized carbons (Fsp3) is 0.273. The monoisotopic (exact) mass is 238 g/mol. The SMILES string of the molecule is C=CS(=O)(=O)c1ccc(/N=N/C(C)C)cc1. The summed E-state index contributed by atoms with van der Waals surface area (Å²) < 4.78 is 22.8. The van der Waals surface area contributed by atoms with Crippen molar-refractivity contribution in [2.75, 3.05) is 0 Å². The molecule has 0 amide bonds. The third-order valence-electron chi connectivity index (χ3n) is 1.79.